The first-order chi connectivity index (χ1) is 22.8. The second-order valence-corrected chi connectivity index (χ2v) is 19.6. The number of ether oxygens (including phenoxy) is 4. The highest BCUT2D eigenvalue weighted by Crippen LogP contribution is 2.89. The van der Waals surface area contributed by atoms with E-state index >= 15 is 0 Å². The van der Waals surface area contributed by atoms with Crippen LogP contribution in [0.15, 0.2) is 0 Å². The number of fused-ring (bicyclic) bond motifs is 4. The van der Waals surface area contributed by atoms with Crippen LogP contribution in [-0.4, -0.2) is 104 Å². The molecule has 3 saturated heterocycles. The van der Waals surface area contributed by atoms with Crippen molar-refractivity contribution in [1.29, 1.82) is 0 Å². The molecule has 0 aromatic heterocycles. The third-order valence-corrected chi connectivity index (χ3v) is 17.0. The zero-order valence-corrected chi connectivity index (χ0v) is 31.8. The molecule has 8 aliphatic rings. The molecule has 5 aliphatic carbocycles. The van der Waals surface area contributed by atoms with Gasteiger partial charge in [0.05, 0.1) is 30.5 Å². The zero-order chi connectivity index (χ0) is 33.9. The number of morpholine rings is 1. The minimum absolute atomic E-state index is 0.00762. The summed E-state index contributed by atoms with van der Waals surface area (Å²) in [7, 11) is 0. The highest BCUT2D eigenvalue weighted by molar-refractivity contribution is 5.32. The monoisotopic (exact) mass is 671 g/mol. The van der Waals surface area contributed by atoms with Crippen LogP contribution < -0.4 is 0 Å². The van der Waals surface area contributed by atoms with Crippen LogP contribution >= 0.6 is 0 Å². The fourth-order valence-electron chi connectivity index (χ4n) is 14.9. The average molecular weight is 671 g/mol. The predicted octanol–water partition coefficient (Wildman–Crippen LogP) is 6.61. The third kappa shape index (κ3) is 5.04. The maximum absolute atomic E-state index is 11.0. The molecule has 1 N–H and O–H groups in total. The van der Waals surface area contributed by atoms with Gasteiger partial charge in [0, 0.05) is 39.3 Å². The van der Waals surface area contributed by atoms with Gasteiger partial charge in [-0.1, -0.05) is 34.6 Å². The van der Waals surface area contributed by atoms with E-state index in [-0.39, 0.29) is 30.0 Å². The lowest BCUT2D eigenvalue weighted by Crippen LogP contribution is -2.57. The summed E-state index contributed by atoms with van der Waals surface area (Å²) in [4.78, 5) is 5.17. The van der Waals surface area contributed by atoms with Crippen LogP contribution in [-0.2, 0) is 18.9 Å². The van der Waals surface area contributed by atoms with Crippen molar-refractivity contribution in [3.05, 3.63) is 0 Å². The van der Waals surface area contributed by atoms with Crippen molar-refractivity contribution in [3.8, 4) is 0 Å². The van der Waals surface area contributed by atoms with Crippen LogP contribution in [0, 0.1) is 57.2 Å². The highest BCUT2D eigenvalue weighted by atomic mass is 16.7. The van der Waals surface area contributed by atoms with Crippen LogP contribution in [0.2, 0.25) is 0 Å². The molecule has 8 fully saturated rings. The van der Waals surface area contributed by atoms with Gasteiger partial charge in [-0.3, -0.25) is 4.90 Å². The molecule has 48 heavy (non-hydrogen) atoms. The molecule has 3 heterocycles. The molecule has 13 unspecified atom stereocenters. The molecule has 274 valence electrons. The highest BCUT2D eigenvalue weighted by Gasteiger charge is 2.84. The van der Waals surface area contributed by atoms with E-state index in [4.69, 9.17) is 18.9 Å². The quantitative estimate of drug-likeness (QED) is 0.296. The molecule has 0 aromatic rings. The second kappa shape index (κ2) is 12.1. The standard InChI is InChI=1S/C41H70N2O5/c1-9-42-22-27(23-42)24-43-19-20-46-35(25-43)48-34-15-16-41-26(3)40(41)18-17-39(8)29-11-13-31(36(45-10-2)38(6,7)44)47-32(29)21-30(39)28(40)12-14-33(41)37(34,4)5/h26-36,44H,9-25H2,1-8H3. The van der Waals surface area contributed by atoms with E-state index in [1.807, 2.05) is 20.8 Å². The van der Waals surface area contributed by atoms with Crippen molar-refractivity contribution in [1.82, 2.24) is 9.80 Å². The number of hydrogen-bond acceptors (Lipinski definition) is 7. The van der Waals surface area contributed by atoms with Crippen molar-refractivity contribution in [3.63, 3.8) is 0 Å². The lowest BCUT2D eigenvalue weighted by Gasteiger charge is -2.60. The van der Waals surface area contributed by atoms with Gasteiger partial charge in [0.1, 0.15) is 6.10 Å². The summed E-state index contributed by atoms with van der Waals surface area (Å²) in [5.74, 6) is 4.59. The van der Waals surface area contributed by atoms with Crippen molar-refractivity contribution in [2.75, 3.05) is 52.5 Å². The second-order valence-electron chi connectivity index (χ2n) is 19.6. The Kier molecular flexibility index (Phi) is 8.79. The molecule has 13 atom stereocenters. The molecule has 2 spiro atoms. The Bertz CT molecular complexity index is 1180. The molecule has 0 radical (unpaired) electrons. The lowest BCUT2D eigenvalue weighted by atomic mass is 9.46. The van der Waals surface area contributed by atoms with Crippen molar-refractivity contribution >= 4 is 0 Å². The van der Waals surface area contributed by atoms with E-state index in [0.29, 0.717) is 34.9 Å². The third-order valence-electron chi connectivity index (χ3n) is 17.0. The van der Waals surface area contributed by atoms with Crippen LogP contribution in [0.1, 0.15) is 113 Å². The summed E-state index contributed by atoms with van der Waals surface area (Å²) in [6.45, 7) is 26.8. The number of likely N-dealkylation sites (tertiary alicyclic amines) is 1. The van der Waals surface area contributed by atoms with Gasteiger partial charge in [-0.25, -0.2) is 0 Å². The van der Waals surface area contributed by atoms with Gasteiger partial charge >= 0.3 is 0 Å². The smallest absolute Gasteiger partial charge is 0.170 e. The molecule has 8 rings (SSSR count). The molecule has 0 bridgehead atoms. The molecule has 3 aliphatic heterocycles. The summed E-state index contributed by atoms with van der Waals surface area (Å²) < 4.78 is 26.5. The maximum Gasteiger partial charge on any atom is 0.170 e. The molecule has 7 heteroatoms. The molecule has 0 aromatic carbocycles. The molecule has 0 amide bonds. The van der Waals surface area contributed by atoms with E-state index in [1.165, 1.54) is 77.5 Å². The fraction of sp³-hybridized carbons (Fsp3) is 1.00. The van der Waals surface area contributed by atoms with Gasteiger partial charge in [-0.2, -0.15) is 0 Å². The average Bonchev–Trinajstić information content (AvgIpc) is 3.40. The number of aliphatic hydroxyl groups is 1. The minimum atomic E-state index is -0.897. The Morgan fingerprint density at radius 2 is 1.67 bits per heavy atom. The first-order valence-corrected chi connectivity index (χ1v) is 20.5. The molecule has 5 saturated carbocycles. The Morgan fingerprint density at radius 3 is 2.40 bits per heavy atom. The summed E-state index contributed by atoms with van der Waals surface area (Å²) in [6, 6.07) is 0. The predicted molar refractivity (Wildman–Crippen MR) is 188 cm³/mol. The first-order valence-electron chi connectivity index (χ1n) is 20.5. The Hall–Kier alpha value is -0.280. The summed E-state index contributed by atoms with van der Waals surface area (Å²) in [6.07, 6.45) is 11.7. The SMILES string of the molecule is CCOC(C1CCC2C(CC3C4CCC5C(C)(C)C(OC6CN(CC7CN(CC)C7)CCO6)CCC56C(C)C46CCC23C)O1)C(C)(C)O. The van der Waals surface area contributed by atoms with Crippen LogP contribution in [0.5, 0.6) is 0 Å². The summed E-state index contributed by atoms with van der Waals surface area (Å²) in [5.41, 5.74) is 0.628. The van der Waals surface area contributed by atoms with Gasteiger partial charge in [-0.15, -0.1) is 0 Å². The Balaban J connectivity index is 0.950. The minimum Gasteiger partial charge on any atom is -0.388 e. The van der Waals surface area contributed by atoms with Crippen LogP contribution in [0.25, 0.3) is 0 Å². The van der Waals surface area contributed by atoms with Crippen LogP contribution in [0.3, 0.4) is 0 Å². The van der Waals surface area contributed by atoms with Crippen molar-refractivity contribution < 1.29 is 24.1 Å². The Labute approximate surface area is 292 Å². The molecular weight excluding hydrogens is 600 g/mol. The largest absolute Gasteiger partial charge is 0.388 e. The number of rotatable bonds is 9. The van der Waals surface area contributed by atoms with Gasteiger partial charge in [-0.05, 0) is 142 Å². The summed E-state index contributed by atoms with van der Waals surface area (Å²) >= 11 is 0. The molecule has 7 nitrogen and oxygen atoms in total. The van der Waals surface area contributed by atoms with E-state index in [0.717, 1.165) is 55.7 Å². The van der Waals surface area contributed by atoms with Crippen molar-refractivity contribution in [2.24, 2.45) is 57.2 Å². The first kappa shape index (κ1) is 34.8. The summed E-state index contributed by atoms with van der Waals surface area (Å²) in [5, 5.41) is 11.0. The van der Waals surface area contributed by atoms with E-state index < -0.39 is 5.60 Å². The van der Waals surface area contributed by atoms with Crippen LogP contribution in [0.4, 0.5) is 0 Å². The fourth-order valence-corrected chi connectivity index (χ4v) is 14.9. The van der Waals surface area contributed by atoms with E-state index in [1.54, 1.807) is 0 Å². The van der Waals surface area contributed by atoms with E-state index in [2.05, 4.69) is 44.4 Å². The molecular formula is C41H70N2O5. The van der Waals surface area contributed by atoms with E-state index in [9.17, 15) is 5.11 Å². The zero-order valence-electron chi connectivity index (χ0n) is 31.8. The lowest BCUT2D eigenvalue weighted by molar-refractivity contribution is -0.246. The Morgan fingerprint density at radius 1 is 0.896 bits per heavy atom. The topological polar surface area (TPSA) is 63.6 Å². The number of nitrogens with zero attached hydrogens (tertiary/aromatic N) is 2. The van der Waals surface area contributed by atoms with Gasteiger partial charge in [0.2, 0.25) is 0 Å². The van der Waals surface area contributed by atoms with Gasteiger partial charge < -0.3 is 29.0 Å². The van der Waals surface area contributed by atoms with Crippen molar-refractivity contribution in [2.45, 2.75) is 149 Å². The van der Waals surface area contributed by atoms with Gasteiger partial charge in [0.15, 0.2) is 6.29 Å². The number of hydrogen-bond donors (Lipinski definition) is 1. The maximum atomic E-state index is 11.0. The van der Waals surface area contributed by atoms with Gasteiger partial charge in [0.25, 0.3) is 0 Å². The normalized spacial score (nSPS) is 49.6.